The molecule has 3 rings (SSSR count). The number of amides is 1. The van der Waals surface area contributed by atoms with E-state index in [2.05, 4.69) is 11.8 Å². The Balaban J connectivity index is 1.68. The molecule has 0 aromatic carbocycles. The van der Waals surface area contributed by atoms with E-state index < -0.39 is 6.10 Å². The van der Waals surface area contributed by atoms with Crippen LogP contribution in [0.25, 0.3) is 0 Å². The molecule has 1 N–H and O–H groups in total. The molecule has 2 fully saturated rings. The highest BCUT2D eigenvalue weighted by molar-refractivity contribution is 5.91. The Morgan fingerprint density at radius 2 is 2.00 bits per heavy atom. The smallest absolute Gasteiger partial charge is 0.289 e. The van der Waals surface area contributed by atoms with E-state index in [1.165, 1.54) is 12.8 Å². The van der Waals surface area contributed by atoms with Crippen LogP contribution in [0.1, 0.15) is 68.2 Å². The van der Waals surface area contributed by atoms with Gasteiger partial charge in [0.2, 0.25) is 0 Å². The molecule has 2 heterocycles. The molecule has 134 valence electrons. The number of likely N-dealkylation sites (tertiary alicyclic amines) is 1. The lowest BCUT2D eigenvalue weighted by atomic mass is 9.91. The lowest BCUT2D eigenvalue weighted by molar-refractivity contribution is 0.0159. The largest absolute Gasteiger partial charge is 0.455 e. The third kappa shape index (κ3) is 4.01. The van der Waals surface area contributed by atoms with Gasteiger partial charge in [-0.3, -0.25) is 9.69 Å². The van der Waals surface area contributed by atoms with E-state index in [0.29, 0.717) is 12.3 Å². The minimum atomic E-state index is -0.409. The molecule has 2 atom stereocenters. The van der Waals surface area contributed by atoms with Gasteiger partial charge in [0.15, 0.2) is 5.76 Å². The average Bonchev–Trinajstić information content (AvgIpc) is 3.25. The zero-order valence-corrected chi connectivity index (χ0v) is 14.7. The summed E-state index contributed by atoms with van der Waals surface area (Å²) in [4.78, 5) is 17.1. The first kappa shape index (κ1) is 17.5. The summed E-state index contributed by atoms with van der Waals surface area (Å²) in [6.45, 7) is 5.74. The zero-order chi connectivity index (χ0) is 16.9. The normalized spacial score (nSPS) is 25.1. The van der Waals surface area contributed by atoms with Gasteiger partial charge in [0, 0.05) is 6.54 Å². The van der Waals surface area contributed by atoms with Gasteiger partial charge in [0.05, 0.1) is 18.7 Å². The van der Waals surface area contributed by atoms with E-state index in [1.54, 1.807) is 6.07 Å². The minimum absolute atomic E-state index is 0.0710. The summed E-state index contributed by atoms with van der Waals surface area (Å²) in [5.41, 5.74) is 0. The van der Waals surface area contributed by atoms with Crippen LogP contribution in [-0.4, -0.2) is 52.6 Å². The van der Waals surface area contributed by atoms with Gasteiger partial charge in [0.1, 0.15) is 5.76 Å². The first-order valence-electron chi connectivity index (χ1n) is 9.49. The standard InChI is InChI=1S/C19H30N2O3/c1-2-11-21(16-7-3-4-8-17(16)22)19(23)18-10-9-15(24-18)14-20-12-5-6-13-20/h9-10,16-17,22H,2-8,11-14H2,1H3. The molecule has 0 spiro atoms. The van der Waals surface area contributed by atoms with Crippen molar-refractivity contribution in [2.75, 3.05) is 19.6 Å². The van der Waals surface area contributed by atoms with Crippen LogP contribution in [0.5, 0.6) is 0 Å². The molecule has 1 saturated heterocycles. The molecular formula is C19H30N2O3. The molecule has 1 aromatic heterocycles. The molecule has 2 aliphatic rings. The summed E-state index contributed by atoms with van der Waals surface area (Å²) in [6, 6.07) is 3.65. The summed E-state index contributed by atoms with van der Waals surface area (Å²) in [5, 5.41) is 10.3. The van der Waals surface area contributed by atoms with Crippen molar-refractivity contribution < 1.29 is 14.3 Å². The molecule has 0 radical (unpaired) electrons. The van der Waals surface area contributed by atoms with Crippen LogP contribution in [0, 0.1) is 0 Å². The van der Waals surface area contributed by atoms with Crippen molar-refractivity contribution in [3.05, 3.63) is 23.7 Å². The van der Waals surface area contributed by atoms with Crippen LogP contribution in [0.2, 0.25) is 0 Å². The van der Waals surface area contributed by atoms with Crippen molar-refractivity contribution in [3.8, 4) is 0 Å². The summed E-state index contributed by atoms with van der Waals surface area (Å²) >= 11 is 0. The Morgan fingerprint density at radius 3 is 2.71 bits per heavy atom. The second-order valence-electron chi connectivity index (χ2n) is 7.17. The summed E-state index contributed by atoms with van der Waals surface area (Å²) in [6.07, 6.45) is 6.77. The highest BCUT2D eigenvalue weighted by atomic mass is 16.4. The van der Waals surface area contributed by atoms with E-state index in [0.717, 1.165) is 57.5 Å². The Kier molecular flexibility index (Phi) is 5.95. The van der Waals surface area contributed by atoms with E-state index in [4.69, 9.17) is 4.42 Å². The predicted octanol–water partition coefficient (Wildman–Crippen LogP) is 3.03. The molecule has 1 aromatic rings. The number of furan rings is 1. The van der Waals surface area contributed by atoms with Crippen LogP contribution in [0.15, 0.2) is 16.5 Å². The number of carbonyl (C=O) groups is 1. The Morgan fingerprint density at radius 1 is 1.25 bits per heavy atom. The quantitative estimate of drug-likeness (QED) is 0.869. The molecule has 0 bridgehead atoms. The minimum Gasteiger partial charge on any atom is -0.455 e. The van der Waals surface area contributed by atoms with Gasteiger partial charge in [-0.15, -0.1) is 0 Å². The third-order valence-electron chi connectivity index (χ3n) is 5.27. The molecule has 5 nitrogen and oxygen atoms in total. The third-order valence-corrected chi connectivity index (χ3v) is 5.27. The number of rotatable bonds is 6. The molecule has 1 saturated carbocycles. The fourth-order valence-corrected chi connectivity index (χ4v) is 3.99. The van der Waals surface area contributed by atoms with Gasteiger partial charge in [0.25, 0.3) is 5.91 Å². The van der Waals surface area contributed by atoms with Gasteiger partial charge < -0.3 is 14.4 Å². The monoisotopic (exact) mass is 334 g/mol. The number of aliphatic hydroxyl groups excluding tert-OH is 1. The highest BCUT2D eigenvalue weighted by Gasteiger charge is 2.33. The van der Waals surface area contributed by atoms with Crippen molar-refractivity contribution in [1.29, 1.82) is 0 Å². The molecule has 5 heteroatoms. The van der Waals surface area contributed by atoms with E-state index in [1.807, 2.05) is 11.0 Å². The number of nitrogens with zero attached hydrogens (tertiary/aromatic N) is 2. The maximum atomic E-state index is 12.9. The van der Waals surface area contributed by atoms with Crippen LogP contribution < -0.4 is 0 Å². The summed E-state index contributed by atoms with van der Waals surface area (Å²) in [5.74, 6) is 1.20. The highest BCUT2D eigenvalue weighted by Crippen LogP contribution is 2.25. The lowest BCUT2D eigenvalue weighted by Gasteiger charge is -2.37. The number of carbonyl (C=O) groups excluding carboxylic acids is 1. The van der Waals surface area contributed by atoms with Crippen molar-refractivity contribution in [2.24, 2.45) is 0 Å². The van der Waals surface area contributed by atoms with E-state index in [-0.39, 0.29) is 11.9 Å². The van der Waals surface area contributed by atoms with Crippen molar-refractivity contribution in [1.82, 2.24) is 9.80 Å². The predicted molar refractivity (Wildman–Crippen MR) is 92.8 cm³/mol. The molecule has 1 aliphatic heterocycles. The van der Waals surface area contributed by atoms with Crippen LogP contribution >= 0.6 is 0 Å². The Labute approximate surface area is 144 Å². The van der Waals surface area contributed by atoms with Crippen LogP contribution in [-0.2, 0) is 6.54 Å². The maximum Gasteiger partial charge on any atom is 0.289 e. The molecule has 1 amide bonds. The van der Waals surface area contributed by atoms with Gasteiger partial charge in [-0.2, -0.15) is 0 Å². The van der Waals surface area contributed by atoms with Gasteiger partial charge in [-0.25, -0.2) is 0 Å². The topological polar surface area (TPSA) is 56.9 Å². The second kappa shape index (κ2) is 8.17. The maximum absolute atomic E-state index is 12.9. The first-order valence-corrected chi connectivity index (χ1v) is 9.49. The van der Waals surface area contributed by atoms with Gasteiger partial charge in [-0.05, 0) is 57.3 Å². The van der Waals surface area contributed by atoms with Gasteiger partial charge in [-0.1, -0.05) is 19.8 Å². The number of hydrogen-bond donors (Lipinski definition) is 1. The summed E-state index contributed by atoms with van der Waals surface area (Å²) in [7, 11) is 0. The molecule has 24 heavy (non-hydrogen) atoms. The lowest BCUT2D eigenvalue weighted by Crippen LogP contribution is -2.48. The van der Waals surface area contributed by atoms with Gasteiger partial charge >= 0.3 is 0 Å². The van der Waals surface area contributed by atoms with Crippen LogP contribution in [0.4, 0.5) is 0 Å². The van der Waals surface area contributed by atoms with E-state index >= 15 is 0 Å². The van der Waals surface area contributed by atoms with Crippen molar-refractivity contribution in [3.63, 3.8) is 0 Å². The Bertz CT molecular complexity index is 536. The average molecular weight is 334 g/mol. The Hall–Kier alpha value is -1.33. The molecule has 2 unspecified atom stereocenters. The zero-order valence-electron chi connectivity index (χ0n) is 14.7. The molecule has 1 aliphatic carbocycles. The van der Waals surface area contributed by atoms with E-state index in [9.17, 15) is 9.90 Å². The number of aliphatic hydroxyl groups is 1. The second-order valence-corrected chi connectivity index (χ2v) is 7.17. The van der Waals surface area contributed by atoms with Crippen LogP contribution in [0.3, 0.4) is 0 Å². The first-order chi connectivity index (χ1) is 11.7. The van der Waals surface area contributed by atoms with Crippen molar-refractivity contribution in [2.45, 2.75) is 70.6 Å². The number of hydrogen-bond acceptors (Lipinski definition) is 4. The fourth-order valence-electron chi connectivity index (χ4n) is 3.99. The fraction of sp³-hybridized carbons (Fsp3) is 0.737. The van der Waals surface area contributed by atoms with Crippen molar-refractivity contribution >= 4 is 5.91 Å². The molecular weight excluding hydrogens is 304 g/mol. The summed E-state index contributed by atoms with van der Waals surface area (Å²) < 4.78 is 5.85. The SMILES string of the molecule is CCCN(C(=O)c1ccc(CN2CCCC2)o1)C1CCCCC1O.